The summed E-state index contributed by atoms with van der Waals surface area (Å²) in [6.45, 7) is 1.65. The van der Waals surface area contributed by atoms with Gasteiger partial charge in [-0.1, -0.05) is 30.0 Å². The molecule has 2 aromatic carbocycles. The molecule has 0 saturated heterocycles. The van der Waals surface area contributed by atoms with E-state index >= 15 is 0 Å². The van der Waals surface area contributed by atoms with Crippen LogP contribution in [0.5, 0.6) is 11.5 Å². The van der Waals surface area contributed by atoms with Crippen molar-refractivity contribution in [3.05, 3.63) is 59.7 Å². The van der Waals surface area contributed by atoms with Crippen LogP contribution in [0.1, 0.15) is 15.9 Å². The SMILES string of the molecule is COc1ccc(C(=O)COC(=O)CSc2cc(C)c3ccccc3n2)c(OC)c1. The van der Waals surface area contributed by atoms with Gasteiger partial charge in [0.15, 0.2) is 6.61 Å². The Balaban J connectivity index is 1.57. The molecule has 150 valence electrons. The van der Waals surface area contributed by atoms with Crippen LogP contribution in [0.15, 0.2) is 53.6 Å². The summed E-state index contributed by atoms with van der Waals surface area (Å²) in [5, 5.41) is 1.82. The number of rotatable bonds is 8. The fraction of sp³-hybridized carbons (Fsp3) is 0.227. The van der Waals surface area contributed by atoms with Gasteiger partial charge in [-0.25, -0.2) is 4.98 Å². The fourth-order valence-electron chi connectivity index (χ4n) is 2.82. The van der Waals surface area contributed by atoms with Gasteiger partial charge in [0.1, 0.15) is 11.5 Å². The summed E-state index contributed by atoms with van der Waals surface area (Å²) in [6, 6.07) is 14.6. The van der Waals surface area contributed by atoms with Crippen molar-refractivity contribution in [2.24, 2.45) is 0 Å². The van der Waals surface area contributed by atoms with Gasteiger partial charge in [-0.3, -0.25) is 9.59 Å². The molecule has 1 heterocycles. The third kappa shape index (κ3) is 5.06. The number of pyridine rings is 1. The van der Waals surface area contributed by atoms with Crippen LogP contribution in [0.4, 0.5) is 0 Å². The van der Waals surface area contributed by atoms with E-state index in [1.165, 1.54) is 26.0 Å². The number of Topliss-reactive ketones (excluding diaryl/α,β-unsaturated/α-hetero) is 1. The molecule has 3 rings (SSSR count). The average molecular weight is 411 g/mol. The zero-order chi connectivity index (χ0) is 20.8. The predicted octanol–water partition coefficient (Wildman–Crippen LogP) is 4.08. The van der Waals surface area contributed by atoms with E-state index in [1.54, 1.807) is 18.2 Å². The molecule has 0 atom stereocenters. The minimum Gasteiger partial charge on any atom is -0.497 e. The molecular weight excluding hydrogens is 390 g/mol. The molecule has 6 nitrogen and oxygen atoms in total. The van der Waals surface area contributed by atoms with Gasteiger partial charge < -0.3 is 14.2 Å². The van der Waals surface area contributed by atoms with Gasteiger partial charge in [0, 0.05) is 11.5 Å². The van der Waals surface area contributed by atoms with E-state index in [2.05, 4.69) is 4.98 Å². The van der Waals surface area contributed by atoms with Gasteiger partial charge in [0.25, 0.3) is 0 Å². The van der Waals surface area contributed by atoms with Gasteiger partial charge in [-0.05, 0) is 36.8 Å². The van der Waals surface area contributed by atoms with Gasteiger partial charge in [0.05, 0.1) is 36.1 Å². The van der Waals surface area contributed by atoms with E-state index in [1.807, 2.05) is 37.3 Å². The van der Waals surface area contributed by atoms with E-state index in [0.29, 0.717) is 17.1 Å². The first-order valence-corrected chi connectivity index (χ1v) is 9.90. The molecule has 0 fully saturated rings. The van der Waals surface area contributed by atoms with Crippen LogP contribution in [-0.2, 0) is 9.53 Å². The van der Waals surface area contributed by atoms with Crippen LogP contribution in [0.25, 0.3) is 10.9 Å². The van der Waals surface area contributed by atoms with Crippen LogP contribution in [0.3, 0.4) is 0 Å². The van der Waals surface area contributed by atoms with Crippen molar-refractivity contribution >= 4 is 34.4 Å². The lowest BCUT2D eigenvalue weighted by atomic mass is 10.1. The summed E-state index contributed by atoms with van der Waals surface area (Å²) >= 11 is 1.28. The minimum atomic E-state index is -0.483. The van der Waals surface area contributed by atoms with Crippen molar-refractivity contribution in [1.29, 1.82) is 0 Å². The monoisotopic (exact) mass is 411 g/mol. The number of carbonyl (C=O) groups excluding carboxylic acids is 2. The molecule has 0 amide bonds. The molecule has 0 aliphatic carbocycles. The predicted molar refractivity (Wildman–Crippen MR) is 112 cm³/mol. The number of esters is 1. The molecule has 29 heavy (non-hydrogen) atoms. The quantitative estimate of drug-likeness (QED) is 0.314. The lowest BCUT2D eigenvalue weighted by Crippen LogP contribution is -2.16. The number of para-hydroxylation sites is 1. The van der Waals surface area contributed by atoms with Gasteiger partial charge in [-0.2, -0.15) is 0 Å². The Morgan fingerprint density at radius 1 is 1.03 bits per heavy atom. The Morgan fingerprint density at radius 2 is 1.83 bits per heavy atom. The highest BCUT2D eigenvalue weighted by atomic mass is 32.2. The van der Waals surface area contributed by atoms with E-state index in [0.717, 1.165) is 21.5 Å². The highest BCUT2D eigenvalue weighted by molar-refractivity contribution is 7.99. The molecule has 0 spiro atoms. The molecule has 0 radical (unpaired) electrons. The first-order chi connectivity index (χ1) is 14.0. The number of ether oxygens (including phenoxy) is 3. The summed E-state index contributed by atoms with van der Waals surface area (Å²) in [6.07, 6.45) is 0. The molecular formula is C22H21NO5S. The minimum absolute atomic E-state index is 0.0673. The second-order valence-electron chi connectivity index (χ2n) is 6.23. The Bertz CT molecular complexity index is 1050. The van der Waals surface area contributed by atoms with Crippen LogP contribution in [0, 0.1) is 6.92 Å². The number of carbonyl (C=O) groups is 2. The lowest BCUT2D eigenvalue weighted by Gasteiger charge is -2.10. The second kappa shape index (κ2) is 9.43. The van der Waals surface area contributed by atoms with Crippen molar-refractivity contribution in [3.63, 3.8) is 0 Å². The zero-order valence-corrected chi connectivity index (χ0v) is 17.2. The molecule has 0 aliphatic rings. The average Bonchev–Trinajstić information content (AvgIpc) is 2.75. The number of aromatic nitrogens is 1. The number of hydrogen-bond donors (Lipinski definition) is 0. The number of fused-ring (bicyclic) bond motifs is 1. The number of thioether (sulfide) groups is 1. The Labute approximate surface area is 173 Å². The molecule has 0 aliphatic heterocycles. The highest BCUT2D eigenvalue weighted by Gasteiger charge is 2.16. The van der Waals surface area contributed by atoms with Crippen LogP contribution in [-0.4, -0.2) is 43.3 Å². The summed E-state index contributed by atoms with van der Waals surface area (Å²) in [5.41, 5.74) is 2.30. The smallest absolute Gasteiger partial charge is 0.316 e. The lowest BCUT2D eigenvalue weighted by molar-refractivity contribution is -0.139. The van der Waals surface area contributed by atoms with Crippen molar-refractivity contribution < 1.29 is 23.8 Å². The number of nitrogens with zero attached hydrogens (tertiary/aromatic N) is 1. The molecule has 0 unspecified atom stereocenters. The third-order valence-electron chi connectivity index (χ3n) is 4.31. The summed E-state index contributed by atoms with van der Waals surface area (Å²) < 4.78 is 15.5. The van der Waals surface area contributed by atoms with E-state index in [-0.39, 0.29) is 18.1 Å². The zero-order valence-electron chi connectivity index (χ0n) is 16.4. The van der Waals surface area contributed by atoms with E-state index < -0.39 is 5.97 Å². The first kappa shape index (κ1) is 20.7. The molecule has 0 bridgehead atoms. The topological polar surface area (TPSA) is 74.7 Å². The number of hydrogen-bond acceptors (Lipinski definition) is 7. The summed E-state index contributed by atoms with van der Waals surface area (Å²) in [7, 11) is 2.99. The van der Waals surface area contributed by atoms with Crippen molar-refractivity contribution in [2.75, 3.05) is 26.6 Å². The number of aryl methyl sites for hydroxylation is 1. The number of methoxy groups -OCH3 is 2. The maximum absolute atomic E-state index is 12.4. The molecule has 0 saturated carbocycles. The van der Waals surface area contributed by atoms with E-state index in [9.17, 15) is 9.59 Å². The molecule has 1 aromatic heterocycles. The summed E-state index contributed by atoms with van der Waals surface area (Å²) in [5.74, 6) is 0.184. The second-order valence-corrected chi connectivity index (χ2v) is 7.23. The largest absolute Gasteiger partial charge is 0.497 e. The first-order valence-electron chi connectivity index (χ1n) is 8.92. The molecule has 3 aromatic rings. The van der Waals surface area contributed by atoms with Gasteiger partial charge >= 0.3 is 5.97 Å². The van der Waals surface area contributed by atoms with Crippen LogP contribution >= 0.6 is 11.8 Å². The standard InChI is InChI=1S/C22H21NO5S/c1-14-10-21(23-18-7-5-4-6-16(14)18)29-13-22(25)28-12-19(24)17-9-8-15(26-2)11-20(17)27-3/h4-11H,12-13H2,1-3H3. The molecule has 7 heteroatoms. The van der Waals surface area contributed by atoms with Crippen molar-refractivity contribution in [2.45, 2.75) is 11.9 Å². The number of ketones is 1. The maximum atomic E-state index is 12.4. The third-order valence-corrected chi connectivity index (χ3v) is 5.20. The highest BCUT2D eigenvalue weighted by Crippen LogP contribution is 2.26. The normalized spacial score (nSPS) is 10.6. The van der Waals surface area contributed by atoms with Gasteiger partial charge in [-0.15, -0.1) is 0 Å². The van der Waals surface area contributed by atoms with Crippen LogP contribution in [0.2, 0.25) is 0 Å². The maximum Gasteiger partial charge on any atom is 0.316 e. The Hall–Kier alpha value is -3.06. The van der Waals surface area contributed by atoms with Crippen molar-refractivity contribution in [3.8, 4) is 11.5 Å². The van der Waals surface area contributed by atoms with Crippen LogP contribution < -0.4 is 9.47 Å². The Morgan fingerprint density at radius 3 is 2.59 bits per heavy atom. The fourth-order valence-corrected chi connectivity index (χ4v) is 3.59. The Kier molecular flexibility index (Phi) is 6.72. The van der Waals surface area contributed by atoms with Gasteiger partial charge in [0.2, 0.25) is 5.78 Å². The summed E-state index contributed by atoms with van der Waals surface area (Å²) in [4.78, 5) is 29.0. The van der Waals surface area contributed by atoms with Crippen molar-refractivity contribution in [1.82, 2.24) is 4.98 Å². The van der Waals surface area contributed by atoms with E-state index in [4.69, 9.17) is 14.2 Å². The number of benzene rings is 2. The molecule has 0 N–H and O–H groups in total.